The van der Waals surface area contributed by atoms with E-state index in [9.17, 15) is 14.0 Å². The van der Waals surface area contributed by atoms with Crippen molar-refractivity contribution in [2.24, 2.45) is 0 Å². The zero-order chi connectivity index (χ0) is 18.9. The van der Waals surface area contributed by atoms with Crippen molar-refractivity contribution in [1.82, 2.24) is 0 Å². The van der Waals surface area contributed by atoms with Gasteiger partial charge in [-0.25, -0.2) is 4.39 Å². The lowest BCUT2D eigenvalue weighted by atomic mass is 10.2. The molecule has 1 atom stereocenters. The van der Waals surface area contributed by atoms with Crippen LogP contribution in [-0.4, -0.2) is 29.9 Å². The SMILES string of the molecule is COCc1cccc(NC(=O)C(C)SCC(=O)Nc2ccc(F)cc2)c1. The Morgan fingerprint density at radius 3 is 2.54 bits per heavy atom. The van der Waals surface area contributed by atoms with Crippen LogP contribution in [0.4, 0.5) is 15.8 Å². The minimum Gasteiger partial charge on any atom is -0.380 e. The first kappa shape index (κ1) is 19.9. The van der Waals surface area contributed by atoms with Crippen LogP contribution in [0.1, 0.15) is 12.5 Å². The molecule has 0 saturated carbocycles. The lowest BCUT2D eigenvalue weighted by Crippen LogP contribution is -2.25. The molecule has 0 aliphatic carbocycles. The quantitative estimate of drug-likeness (QED) is 0.738. The summed E-state index contributed by atoms with van der Waals surface area (Å²) in [7, 11) is 1.61. The summed E-state index contributed by atoms with van der Waals surface area (Å²) in [6.45, 7) is 2.21. The van der Waals surface area contributed by atoms with Gasteiger partial charge in [-0.15, -0.1) is 11.8 Å². The number of hydrogen-bond donors (Lipinski definition) is 2. The number of methoxy groups -OCH3 is 1. The monoisotopic (exact) mass is 376 g/mol. The Balaban J connectivity index is 1.80. The molecule has 0 aliphatic rings. The van der Waals surface area contributed by atoms with E-state index in [0.29, 0.717) is 18.0 Å². The van der Waals surface area contributed by atoms with Crippen molar-refractivity contribution in [3.63, 3.8) is 0 Å². The second-order valence-corrected chi connectivity index (χ2v) is 6.96. The molecule has 0 radical (unpaired) electrons. The van der Waals surface area contributed by atoms with Crippen LogP contribution in [-0.2, 0) is 20.9 Å². The number of halogens is 1. The molecule has 0 heterocycles. The third kappa shape index (κ3) is 6.50. The maximum Gasteiger partial charge on any atom is 0.237 e. The lowest BCUT2D eigenvalue weighted by molar-refractivity contribution is -0.115. The predicted octanol–water partition coefficient (Wildman–Crippen LogP) is 3.67. The molecular weight excluding hydrogens is 355 g/mol. The number of hydrogen-bond acceptors (Lipinski definition) is 4. The van der Waals surface area contributed by atoms with Crippen LogP contribution in [0.3, 0.4) is 0 Å². The van der Waals surface area contributed by atoms with Gasteiger partial charge < -0.3 is 15.4 Å². The number of amides is 2. The van der Waals surface area contributed by atoms with E-state index in [2.05, 4.69) is 10.6 Å². The number of benzene rings is 2. The van der Waals surface area contributed by atoms with Crippen molar-refractivity contribution in [2.75, 3.05) is 23.5 Å². The minimum absolute atomic E-state index is 0.121. The molecule has 0 aliphatic heterocycles. The fourth-order valence-corrected chi connectivity index (χ4v) is 2.84. The summed E-state index contributed by atoms with van der Waals surface area (Å²) in [4.78, 5) is 24.2. The van der Waals surface area contributed by atoms with E-state index in [1.807, 2.05) is 18.2 Å². The van der Waals surface area contributed by atoms with Crippen molar-refractivity contribution in [1.29, 1.82) is 0 Å². The van der Waals surface area contributed by atoms with Gasteiger partial charge >= 0.3 is 0 Å². The highest BCUT2D eigenvalue weighted by molar-refractivity contribution is 8.01. The van der Waals surface area contributed by atoms with Gasteiger partial charge in [0.05, 0.1) is 17.6 Å². The van der Waals surface area contributed by atoms with Crippen LogP contribution in [0, 0.1) is 5.82 Å². The highest BCUT2D eigenvalue weighted by Gasteiger charge is 2.15. The first-order valence-corrected chi connectivity index (χ1v) is 9.08. The van der Waals surface area contributed by atoms with Gasteiger partial charge in [0.1, 0.15) is 5.82 Å². The Morgan fingerprint density at radius 1 is 1.12 bits per heavy atom. The molecular formula is C19H21FN2O3S. The van der Waals surface area contributed by atoms with Crippen molar-refractivity contribution >= 4 is 35.0 Å². The summed E-state index contributed by atoms with van der Waals surface area (Å²) in [5.41, 5.74) is 2.17. The normalized spacial score (nSPS) is 11.7. The number of ether oxygens (including phenoxy) is 1. The molecule has 0 spiro atoms. The largest absolute Gasteiger partial charge is 0.380 e. The zero-order valence-electron chi connectivity index (χ0n) is 14.6. The summed E-state index contributed by atoms with van der Waals surface area (Å²) < 4.78 is 17.9. The molecule has 138 valence electrons. The molecule has 2 amide bonds. The maximum absolute atomic E-state index is 12.8. The zero-order valence-corrected chi connectivity index (χ0v) is 15.4. The van der Waals surface area contributed by atoms with Gasteiger partial charge in [-0.1, -0.05) is 12.1 Å². The summed E-state index contributed by atoms with van der Waals surface area (Å²) in [5.74, 6) is -0.671. The number of carbonyl (C=O) groups is 2. The fourth-order valence-electron chi connectivity index (χ4n) is 2.16. The van der Waals surface area contributed by atoms with Gasteiger partial charge in [0.15, 0.2) is 0 Å². The van der Waals surface area contributed by atoms with E-state index in [0.717, 1.165) is 5.56 Å². The molecule has 2 rings (SSSR count). The molecule has 7 heteroatoms. The fraction of sp³-hybridized carbons (Fsp3) is 0.263. The van der Waals surface area contributed by atoms with E-state index in [1.165, 1.54) is 36.0 Å². The third-order valence-electron chi connectivity index (χ3n) is 3.47. The van der Waals surface area contributed by atoms with Gasteiger partial charge in [0.25, 0.3) is 0 Å². The second kappa shape index (κ2) is 9.94. The van der Waals surface area contributed by atoms with Gasteiger partial charge in [-0.05, 0) is 48.9 Å². The second-order valence-electron chi connectivity index (χ2n) is 5.63. The maximum atomic E-state index is 12.8. The number of anilines is 2. The number of carbonyl (C=O) groups excluding carboxylic acids is 2. The third-order valence-corrected chi connectivity index (χ3v) is 4.61. The standard InChI is InChI=1S/C19H21FN2O3S/c1-13(19(24)22-17-5-3-4-14(10-17)11-25-2)26-12-18(23)21-16-8-6-15(20)7-9-16/h3-10,13H,11-12H2,1-2H3,(H,21,23)(H,22,24). The van der Waals surface area contributed by atoms with Crippen LogP contribution in [0.25, 0.3) is 0 Å². The Labute approximate surface area is 156 Å². The van der Waals surface area contributed by atoms with E-state index in [-0.39, 0.29) is 23.4 Å². The molecule has 2 aromatic rings. The lowest BCUT2D eigenvalue weighted by Gasteiger charge is -2.13. The van der Waals surface area contributed by atoms with Crippen LogP contribution in [0.2, 0.25) is 0 Å². The number of thioether (sulfide) groups is 1. The van der Waals surface area contributed by atoms with Crippen molar-refractivity contribution in [3.8, 4) is 0 Å². The topological polar surface area (TPSA) is 67.4 Å². The molecule has 0 bridgehead atoms. The Kier molecular flexibility index (Phi) is 7.62. The molecule has 0 fully saturated rings. The molecule has 26 heavy (non-hydrogen) atoms. The molecule has 0 saturated heterocycles. The average Bonchev–Trinajstić information content (AvgIpc) is 2.62. The Bertz CT molecular complexity index is 753. The number of nitrogens with one attached hydrogen (secondary N) is 2. The smallest absolute Gasteiger partial charge is 0.237 e. The Hall–Kier alpha value is -2.38. The van der Waals surface area contributed by atoms with Crippen molar-refractivity contribution < 1.29 is 18.7 Å². The van der Waals surface area contributed by atoms with Gasteiger partial charge in [-0.3, -0.25) is 9.59 Å². The molecule has 2 aromatic carbocycles. The van der Waals surface area contributed by atoms with E-state index < -0.39 is 5.25 Å². The molecule has 1 unspecified atom stereocenters. The van der Waals surface area contributed by atoms with Crippen LogP contribution in [0.5, 0.6) is 0 Å². The van der Waals surface area contributed by atoms with E-state index >= 15 is 0 Å². The van der Waals surface area contributed by atoms with Gasteiger partial charge in [0.2, 0.25) is 11.8 Å². The molecule has 2 N–H and O–H groups in total. The number of rotatable bonds is 8. The first-order valence-electron chi connectivity index (χ1n) is 8.03. The highest BCUT2D eigenvalue weighted by atomic mass is 32.2. The van der Waals surface area contributed by atoms with Crippen LogP contribution >= 0.6 is 11.8 Å². The van der Waals surface area contributed by atoms with Crippen molar-refractivity contribution in [3.05, 3.63) is 59.9 Å². The molecule has 5 nitrogen and oxygen atoms in total. The summed E-state index contributed by atoms with van der Waals surface area (Å²) in [5, 5.41) is 5.09. The summed E-state index contributed by atoms with van der Waals surface area (Å²) in [6, 6.07) is 12.9. The minimum atomic E-state index is -0.403. The van der Waals surface area contributed by atoms with E-state index in [4.69, 9.17) is 4.74 Å². The van der Waals surface area contributed by atoms with Gasteiger partial charge in [0, 0.05) is 18.5 Å². The van der Waals surface area contributed by atoms with Crippen LogP contribution < -0.4 is 10.6 Å². The summed E-state index contributed by atoms with van der Waals surface area (Å²) in [6.07, 6.45) is 0. The average molecular weight is 376 g/mol. The van der Waals surface area contributed by atoms with Crippen LogP contribution in [0.15, 0.2) is 48.5 Å². The summed E-state index contributed by atoms with van der Waals surface area (Å²) >= 11 is 1.23. The van der Waals surface area contributed by atoms with E-state index in [1.54, 1.807) is 20.1 Å². The highest BCUT2D eigenvalue weighted by Crippen LogP contribution is 2.17. The Morgan fingerprint density at radius 2 is 1.85 bits per heavy atom. The first-order chi connectivity index (χ1) is 12.5. The molecule has 0 aromatic heterocycles. The van der Waals surface area contributed by atoms with Gasteiger partial charge in [-0.2, -0.15) is 0 Å². The van der Waals surface area contributed by atoms with Crippen molar-refractivity contribution in [2.45, 2.75) is 18.8 Å². The predicted molar refractivity (Wildman–Crippen MR) is 103 cm³/mol.